The highest BCUT2D eigenvalue weighted by Gasteiger charge is 2.08. The maximum Gasteiger partial charge on any atom is 0.228 e. The lowest BCUT2D eigenvalue weighted by Crippen LogP contribution is -2.15. The number of carbonyl (C=O) groups is 1. The minimum Gasteiger partial charge on any atom is -0.494 e. The summed E-state index contributed by atoms with van der Waals surface area (Å²) >= 11 is 0. The molecule has 5 nitrogen and oxygen atoms in total. The van der Waals surface area contributed by atoms with Crippen LogP contribution in [-0.2, 0) is 11.2 Å². The fourth-order valence-corrected chi connectivity index (χ4v) is 2.51. The summed E-state index contributed by atoms with van der Waals surface area (Å²) in [7, 11) is 0. The van der Waals surface area contributed by atoms with Crippen molar-refractivity contribution in [1.29, 1.82) is 0 Å². The molecule has 27 heavy (non-hydrogen) atoms. The molecule has 1 amide bonds. The fourth-order valence-electron chi connectivity index (χ4n) is 2.51. The molecular weight excluding hydrogens is 345 g/mol. The van der Waals surface area contributed by atoms with Crippen LogP contribution < -0.4 is 15.4 Å². The van der Waals surface area contributed by atoms with E-state index in [2.05, 4.69) is 15.6 Å². The van der Waals surface area contributed by atoms with Gasteiger partial charge in [0.05, 0.1) is 24.9 Å². The van der Waals surface area contributed by atoms with Gasteiger partial charge in [0.2, 0.25) is 5.91 Å². The maximum absolute atomic E-state index is 13.6. The van der Waals surface area contributed by atoms with Crippen LogP contribution in [0.5, 0.6) is 5.75 Å². The molecule has 0 unspecified atom stereocenters. The molecular formula is C21H20FN3O2. The molecule has 1 heterocycles. The Bertz CT molecular complexity index is 896. The average molecular weight is 365 g/mol. The molecule has 0 fully saturated rings. The first-order valence-electron chi connectivity index (χ1n) is 8.63. The molecule has 0 aliphatic heterocycles. The van der Waals surface area contributed by atoms with Crippen molar-refractivity contribution >= 4 is 23.1 Å². The topological polar surface area (TPSA) is 63.2 Å². The van der Waals surface area contributed by atoms with E-state index in [1.165, 1.54) is 6.07 Å². The van der Waals surface area contributed by atoms with E-state index in [-0.39, 0.29) is 18.1 Å². The Balaban J connectivity index is 1.56. The second-order valence-electron chi connectivity index (χ2n) is 5.83. The predicted molar refractivity (Wildman–Crippen MR) is 104 cm³/mol. The molecule has 0 radical (unpaired) electrons. The van der Waals surface area contributed by atoms with E-state index in [4.69, 9.17) is 4.74 Å². The van der Waals surface area contributed by atoms with Gasteiger partial charge in [0.1, 0.15) is 17.4 Å². The van der Waals surface area contributed by atoms with Crippen molar-refractivity contribution in [2.75, 3.05) is 17.2 Å². The number of pyridine rings is 1. The van der Waals surface area contributed by atoms with E-state index >= 15 is 0 Å². The van der Waals surface area contributed by atoms with Gasteiger partial charge in [-0.3, -0.25) is 4.79 Å². The second kappa shape index (κ2) is 8.80. The van der Waals surface area contributed by atoms with Crippen molar-refractivity contribution in [1.82, 2.24) is 4.98 Å². The van der Waals surface area contributed by atoms with Crippen LogP contribution in [0.3, 0.4) is 0 Å². The van der Waals surface area contributed by atoms with Crippen molar-refractivity contribution in [3.63, 3.8) is 0 Å². The second-order valence-corrected chi connectivity index (χ2v) is 5.83. The molecule has 0 saturated heterocycles. The van der Waals surface area contributed by atoms with Crippen LogP contribution in [0.1, 0.15) is 12.5 Å². The minimum atomic E-state index is -0.388. The van der Waals surface area contributed by atoms with Gasteiger partial charge in [0.25, 0.3) is 0 Å². The first-order valence-corrected chi connectivity index (χ1v) is 8.63. The summed E-state index contributed by atoms with van der Waals surface area (Å²) < 4.78 is 19.0. The van der Waals surface area contributed by atoms with Crippen molar-refractivity contribution in [2.45, 2.75) is 13.3 Å². The van der Waals surface area contributed by atoms with Crippen LogP contribution >= 0.6 is 0 Å². The van der Waals surface area contributed by atoms with Gasteiger partial charge < -0.3 is 15.4 Å². The quantitative estimate of drug-likeness (QED) is 0.645. The largest absolute Gasteiger partial charge is 0.494 e. The van der Waals surface area contributed by atoms with Crippen molar-refractivity contribution in [3.05, 3.63) is 78.2 Å². The van der Waals surface area contributed by atoms with E-state index in [1.54, 1.807) is 36.5 Å². The zero-order valence-corrected chi connectivity index (χ0v) is 14.9. The lowest BCUT2D eigenvalue weighted by molar-refractivity contribution is -0.115. The number of nitrogens with one attached hydrogen (secondary N) is 2. The van der Waals surface area contributed by atoms with E-state index < -0.39 is 0 Å². The summed E-state index contributed by atoms with van der Waals surface area (Å²) in [4.78, 5) is 16.3. The van der Waals surface area contributed by atoms with E-state index in [0.717, 1.165) is 11.4 Å². The number of hydrogen-bond acceptors (Lipinski definition) is 4. The van der Waals surface area contributed by atoms with Crippen LogP contribution in [0.4, 0.5) is 21.6 Å². The molecule has 0 saturated carbocycles. The molecule has 138 valence electrons. The number of benzene rings is 2. The molecule has 0 bridgehead atoms. The lowest BCUT2D eigenvalue weighted by atomic mass is 10.1. The lowest BCUT2D eigenvalue weighted by Gasteiger charge is -2.09. The van der Waals surface area contributed by atoms with Crippen LogP contribution in [-0.4, -0.2) is 17.5 Å². The summed E-state index contributed by atoms with van der Waals surface area (Å²) in [6, 6.07) is 17.3. The molecule has 3 aromatic rings. The smallest absolute Gasteiger partial charge is 0.228 e. The Labute approximate surface area is 157 Å². The summed E-state index contributed by atoms with van der Waals surface area (Å²) in [5.41, 5.74) is 1.78. The molecule has 2 N–H and O–H groups in total. The van der Waals surface area contributed by atoms with Crippen molar-refractivity contribution < 1.29 is 13.9 Å². The highest BCUT2D eigenvalue weighted by Crippen LogP contribution is 2.20. The average Bonchev–Trinajstić information content (AvgIpc) is 2.67. The van der Waals surface area contributed by atoms with Gasteiger partial charge in [0.15, 0.2) is 0 Å². The van der Waals surface area contributed by atoms with Crippen LogP contribution in [0, 0.1) is 5.82 Å². The van der Waals surface area contributed by atoms with E-state index in [0.29, 0.717) is 23.7 Å². The van der Waals surface area contributed by atoms with Gasteiger partial charge in [0, 0.05) is 5.69 Å². The molecule has 6 heteroatoms. The third-order valence-electron chi connectivity index (χ3n) is 3.79. The Morgan fingerprint density at radius 1 is 1.04 bits per heavy atom. The van der Waals surface area contributed by atoms with Gasteiger partial charge in [-0.1, -0.05) is 18.2 Å². The highest BCUT2D eigenvalue weighted by atomic mass is 19.1. The van der Waals surface area contributed by atoms with E-state index in [9.17, 15) is 9.18 Å². The fraction of sp³-hybridized carbons (Fsp3) is 0.143. The van der Waals surface area contributed by atoms with Crippen molar-refractivity contribution in [3.8, 4) is 5.75 Å². The van der Waals surface area contributed by atoms with Gasteiger partial charge in [-0.05, 0) is 55.0 Å². The molecule has 0 atom stereocenters. The zero-order chi connectivity index (χ0) is 19.1. The minimum absolute atomic E-state index is 0.0289. The molecule has 3 rings (SSSR count). The van der Waals surface area contributed by atoms with Crippen molar-refractivity contribution in [2.24, 2.45) is 0 Å². The third kappa shape index (κ3) is 5.28. The summed E-state index contributed by atoms with van der Waals surface area (Å²) in [5, 5.41) is 5.89. The van der Waals surface area contributed by atoms with Gasteiger partial charge >= 0.3 is 0 Å². The normalized spacial score (nSPS) is 10.3. The van der Waals surface area contributed by atoms with Gasteiger partial charge in [-0.2, -0.15) is 0 Å². The number of amides is 1. The monoisotopic (exact) mass is 365 g/mol. The number of rotatable bonds is 7. The Morgan fingerprint density at radius 2 is 1.78 bits per heavy atom. The third-order valence-corrected chi connectivity index (χ3v) is 3.79. The zero-order valence-electron chi connectivity index (χ0n) is 14.9. The summed E-state index contributed by atoms with van der Waals surface area (Å²) in [6.45, 7) is 2.56. The first kappa shape index (κ1) is 18.4. The predicted octanol–water partition coefficient (Wildman–Crippen LogP) is 4.54. The molecule has 0 spiro atoms. The number of halogens is 1. The van der Waals surface area contributed by atoms with Gasteiger partial charge in [-0.25, -0.2) is 9.37 Å². The molecule has 1 aromatic heterocycles. The first-order chi connectivity index (χ1) is 13.1. The van der Waals surface area contributed by atoms with E-state index in [1.807, 2.05) is 31.2 Å². The SMILES string of the molecule is CCOc1ccc(Nc2ccc(NC(=O)Cc3ccccc3F)cn2)cc1. The number of nitrogens with zero attached hydrogens (tertiary/aromatic N) is 1. The number of anilines is 3. The Hall–Kier alpha value is -3.41. The molecule has 0 aliphatic rings. The Morgan fingerprint density at radius 3 is 2.44 bits per heavy atom. The number of carbonyl (C=O) groups excluding carboxylic acids is 1. The Kier molecular flexibility index (Phi) is 5.99. The summed E-state index contributed by atoms with van der Waals surface area (Å²) in [5.74, 6) is 0.769. The number of ether oxygens (including phenoxy) is 1. The van der Waals surface area contributed by atoms with Gasteiger partial charge in [-0.15, -0.1) is 0 Å². The molecule has 0 aliphatic carbocycles. The molecule has 2 aromatic carbocycles. The number of hydrogen-bond donors (Lipinski definition) is 2. The highest BCUT2D eigenvalue weighted by molar-refractivity contribution is 5.92. The maximum atomic E-state index is 13.6. The van der Waals surface area contributed by atoms with Crippen LogP contribution in [0.15, 0.2) is 66.9 Å². The van der Waals surface area contributed by atoms with Crippen LogP contribution in [0.2, 0.25) is 0 Å². The number of aromatic nitrogens is 1. The van der Waals surface area contributed by atoms with Crippen LogP contribution in [0.25, 0.3) is 0 Å². The summed E-state index contributed by atoms with van der Waals surface area (Å²) in [6.07, 6.45) is 1.52. The standard InChI is InChI=1S/C21H20FN3O2/c1-2-27-18-10-7-16(8-11-18)24-20-12-9-17(14-23-20)25-21(26)13-15-5-3-4-6-19(15)22/h3-12,14H,2,13H2,1H3,(H,23,24)(H,25,26).